The molecule has 0 bridgehead atoms. The maximum atomic E-state index is 11.1. The average molecular weight is 200 g/mol. The second-order valence-corrected chi connectivity index (χ2v) is 4.56. The van der Waals surface area contributed by atoms with Crippen LogP contribution in [0.25, 0.3) is 0 Å². The molecule has 3 nitrogen and oxygen atoms in total. The van der Waals surface area contributed by atoms with Crippen molar-refractivity contribution in [2.24, 2.45) is 0 Å². The van der Waals surface area contributed by atoms with Crippen LogP contribution in [0.1, 0.15) is 47.0 Å². The lowest BCUT2D eigenvalue weighted by Crippen LogP contribution is -2.46. The van der Waals surface area contributed by atoms with Gasteiger partial charge in [-0.05, 0) is 27.2 Å². The lowest BCUT2D eigenvalue weighted by molar-refractivity contribution is -0.121. The zero-order valence-electron chi connectivity index (χ0n) is 10.1. The van der Waals surface area contributed by atoms with E-state index in [9.17, 15) is 4.79 Å². The van der Waals surface area contributed by atoms with Gasteiger partial charge in [-0.25, -0.2) is 0 Å². The molecule has 84 valence electrons. The third-order valence-corrected chi connectivity index (χ3v) is 2.28. The van der Waals surface area contributed by atoms with Crippen LogP contribution in [0.15, 0.2) is 0 Å². The molecule has 0 fully saturated rings. The number of nitrogens with one attached hydrogen (secondary N) is 2. The zero-order valence-corrected chi connectivity index (χ0v) is 10.1. The lowest BCUT2D eigenvalue weighted by atomic mass is 9.97. The fourth-order valence-corrected chi connectivity index (χ4v) is 1.80. The Bertz CT molecular complexity index is 178. The number of carbonyl (C=O) groups excluding carboxylic acids is 1. The predicted molar refractivity (Wildman–Crippen MR) is 60.3 cm³/mol. The van der Waals surface area contributed by atoms with Gasteiger partial charge in [0, 0.05) is 25.0 Å². The molecule has 1 amide bonds. The third-order valence-electron chi connectivity index (χ3n) is 2.28. The number of amides is 1. The molecule has 0 rings (SSSR count). The van der Waals surface area contributed by atoms with Crippen molar-refractivity contribution in [3.8, 4) is 0 Å². The molecule has 0 aromatic heterocycles. The van der Waals surface area contributed by atoms with Crippen LogP contribution in [-0.4, -0.2) is 24.5 Å². The minimum atomic E-state index is 0.0947. The number of hydrogen-bond acceptors (Lipinski definition) is 2. The monoisotopic (exact) mass is 200 g/mol. The first kappa shape index (κ1) is 13.4. The van der Waals surface area contributed by atoms with E-state index < -0.39 is 0 Å². The summed E-state index contributed by atoms with van der Waals surface area (Å²) in [6, 6.07) is 0.233. The summed E-state index contributed by atoms with van der Waals surface area (Å²) in [7, 11) is 1.67. The van der Waals surface area contributed by atoms with Crippen molar-refractivity contribution in [1.82, 2.24) is 10.6 Å². The summed E-state index contributed by atoms with van der Waals surface area (Å²) in [6.45, 7) is 8.58. The minimum absolute atomic E-state index is 0.0947. The third kappa shape index (κ3) is 5.97. The molecule has 2 N–H and O–H groups in total. The van der Waals surface area contributed by atoms with E-state index in [4.69, 9.17) is 0 Å². The highest BCUT2D eigenvalue weighted by atomic mass is 16.1. The van der Waals surface area contributed by atoms with Crippen LogP contribution in [-0.2, 0) is 4.79 Å². The van der Waals surface area contributed by atoms with Crippen LogP contribution < -0.4 is 10.6 Å². The van der Waals surface area contributed by atoms with E-state index in [0.29, 0.717) is 6.42 Å². The summed E-state index contributed by atoms with van der Waals surface area (Å²) in [5.41, 5.74) is 0.127. The number of rotatable bonds is 6. The van der Waals surface area contributed by atoms with Gasteiger partial charge in [-0.3, -0.25) is 4.79 Å². The summed E-state index contributed by atoms with van der Waals surface area (Å²) < 4.78 is 0. The van der Waals surface area contributed by atoms with Crippen LogP contribution in [0.2, 0.25) is 0 Å². The van der Waals surface area contributed by atoms with Crippen LogP contribution in [0.4, 0.5) is 0 Å². The lowest BCUT2D eigenvalue weighted by Gasteiger charge is -2.29. The molecule has 1 atom stereocenters. The highest BCUT2D eigenvalue weighted by Crippen LogP contribution is 2.12. The van der Waals surface area contributed by atoms with Crippen LogP contribution >= 0.6 is 0 Å². The maximum absolute atomic E-state index is 11.1. The second-order valence-electron chi connectivity index (χ2n) is 4.56. The molecule has 0 heterocycles. The van der Waals surface area contributed by atoms with E-state index in [1.54, 1.807) is 7.05 Å². The molecule has 0 aromatic carbocycles. The van der Waals surface area contributed by atoms with Gasteiger partial charge in [0.25, 0.3) is 0 Å². The zero-order chi connectivity index (χ0) is 11.2. The van der Waals surface area contributed by atoms with Crippen molar-refractivity contribution < 1.29 is 4.79 Å². The summed E-state index contributed by atoms with van der Waals surface area (Å²) >= 11 is 0. The van der Waals surface area contributed by atoms with Crippen molar-refractivity contribution in [2.45, 2.75) is 58.5 Å². The molecule has 0 saturated heterocycles. The van der Waals surface area contributed by atoms with Gasteiger partial charge >= 0.3 is 0 Å². The van der Waals surface area contributed by atoms with Crippen molar-refractivity contribution in [1.29, 1.82) is 0 Å². The Kier molecular flexibility index (Phi) is 5.77. The Labute approximate surface area is 87.6 Å². The molecule has 0 aliphatic carbocycles. The Morgan fingerprint density at radius 2 is 2.00 bits per heavy atom. The molecular formula is C11H24N2O. The van der Waals surface area contributed by atoms with Gasteiger partial charge in [0.05, 0.1) is 0 Å². The quantitative estimate of drug-likeness (QED) is 0.685. The van der Waals surface area contributed by atoms with Crippen molar-refractivity contribution >= 4 is 5.91 Å². The highest BCUT2D eigenvalue weighted by molar-refractivity contribution is 5.76. The SMILES string of the molecule is CCCC(C)(C)NC(C)CC(=O)NC. The van der Waals surface area contributed by atoms with Crippen LogP contribution in [0.5, 0.6) is 0 Å². The standard InChI is InChI=1S/C11H24N2O/c1-6-7-11(3,4)13-9(2)8-10(14)12-5/h9,13H,6-8H2,1-5H3,(H,12,14). The Morgan fingerprint density at radius 1 is 1.43 bits per heavy atom. The molecule has 0 aliphatic rings. The molecule has 0 radical (unpaired) electrons. The van der Waals surface area contributed by atoms with Gasteiger partial charge in [0.2, 0.25) is 5.91 Å². The largest absolute Gasteiger partial charge is 0.359 e. The normalized spacial score (nSPS) is 13.8. The van der Waals surface area contributed by atoms with Gasteiger partial charge in [-0.1, -0.05) is 13.3 Å². The van der Waals surface area contributed by atoms with E-state index in [2.05, 4.69) is 31.4 Å². The first-order chi connectivity index (χ1) is 6.41. The fraction of sp³-hybridized carbons (Fsp3) is 0.909. The Hall–Kier alpha value is -0.570. The second kappa shape index (κ2) is 6.02. The molecule has 0 saturated carbocycles. The summed E-state index contributed by atoms with van der Waals surface area (Å²) in [5.74, 6) is 0.0947. The molecule has 0 aliphatic heterocycles. The number of hydrogen-bond donors (Lipinski definition) is 2. The van der Waals surface area contributed by atoms with Gasteiger partial charge in [-0.2, -0.15) is 0 Å². The molecule has 1 unspecified atom stereocenters. The van der Waals surface area contributed by atoms with Crippen molar-refractivity contribution in [2.75, 3.05) is 7.05 Å². The summed E-state index contributed by atoms with van der Waals surface area (Å²) in [6.07, 6.45) is 2.83. The Morgan fingerprint density at radius 3 is 2.43 bits per heavy atom. The highest BCUT2D eigenvalue weighted by Gasteiger charge is 2.19. The first-order valence-electron chi connectivity index (χ1n) is 5.39. The predicted octanol–water partition coefficient (Wildman–Crippen LogP) is 1.68. The maximum Gasteiger partial charge on any atom is 0.221 e. The van der Waals surface area contributed by atoms with E-state index in [0.717, 1.165) is 12.8 Å². The van der Waals surface area contributed by atoms with Gasteiger partial charge in [-0.15, -0.1) is 0 Å². The van der Waals surface area contributed by atoms with Gasteiger partial charge < -0.3 is 10.6 Å². The molecule has 0 spiro atoms. The molecule has 0 aromatic rings. The minimum Gasteiger partial charge on any atom is -0.359 e. The number of carbonyl (C=O) groups is 1. The van der Waals surface area contributed by atoms with Crippen molar-refractivity contribution in [3.63, 3.8) is 0 Å². The van der Waals surface area contributed by atoms with E-state index in [1.165, 1.54) is 0 Å². The topological polar surface area (TPSA) is 41.1 Å². The fourth-order valence-electron chi connectivity index (χ4n) is 1.80. The average Bonchev–Trinajstić information content (AvgIpc) is 2.02. The van der Waals surface area contributed by atoms with Gasteiger partial charge in [0.1, 0.15) is 0 Å². The van der Waals surface area contributed by atoms with Crippen LogP contribution in [0, 0.1) is 0 Å². The van der Waals surface area contributed by atoms with E-state index >= 15 is 0 Å². The summed E-state index contributed by atoms with van der Waals surface area (Å²) in [4.78, 5) is 11.1. The summed E-state index contributed by atoms with van der Waals surface area (Å²) in [5, 5.41) is 6.10. The first-order valence-corrected chi connectivity index (χ1v) is 5.39. The smallest absolute Gasteiger partial charge is 0.221 e. The van der Waals surface area contributed by atoms with Crippen molar-refractivity contribution in [3.05, 3.63) is 0 Å². The van der Waals surface area contributed by atoms with E-state index in [-0.39, 0.29) is 17.5 Å². The van der Waals surface area contributed by atoms with E-state index in [1.807, 2.05) is 6.92 Å². The molecule has 14 heavy (non-hydrogen) atoms. The Balaban J connectivity index is 3.91. The van der Waals surface area contributed by atoms with Crippen LogP contribution in [0.3, 0.4) is 0 Å². The van der Waals surface area contributed by atoms with Gasteiger partial charge in [0.15, 0.2) is 0 Å². The molecular weight excluding hydrogens is 176 g/mol. The molecule has 3 heteroatoms.